The molecular weight excluding hydrogens is 260 g/mol. The molecule has 3 rings (SSSR count). The van der Waals surface area contributed by atoms with Gasteiger partial charge in [-0.05, 0) is 29.7 Å². The molecule has 2 aromatic heterocycles. The van der Waals surface area contributed by atoms with E-state index in [9.17, 15) is 4.79 Å². The fourth-order valence-corrected chi connectivity index (χ4v) is 1.97. The zero-order valence-corrected chi connectivity index (χ0v) is 11.0. The van der Waals surface area contributed by atoms with Gasteiger partial charge in [0.2, 0.25) is 5.89 Å². The summed E-state index contributed by atoms with van der Waals surface area (Å²) in [5.74, 6) is 1.26. The van der Waals surface area contributed by atoms with Crippen LogP contribution in [-0.2, 0) is 0 Å². The predicted molar refractivity (Wildman–Crippen MR) is 73.2 cm³/mol. The van der Waals surface area contributed by atoms with Gasteiger partial charge in [-0.25, -0.2) is 4.98 Å². The van der Waals surface area contributed by atoms with Crippen LogP contribution < -0.4 is 15.0 Å². The van der Waals surface area contributed by atoms with Gasteiger partial charge in [0.25, 0.3) is 5.56 Å². The Labute approximate surface area is 114 Å². The molecule has 102 valence electrons. The summed E-state index contributed by atoms with van der Waals surface area (Å²) >= 11 is 0. The molecule has 6 nitrogen and oxygen atoms in total. The topological polar surface area (TPSA) is 77.4 Å². The lowest BCUT2D eigenvalue weighted by Gasteiger charge is -2.03. The van der Waals surface area contributed by atoms with E-state index in [0.717, 1.165) is 5.39 Å². The largest absolute Gasteiger partial charge is 0.497 e. The third-order valence-corrected chi connectivity index (χ3v) is 2.97. The van der Waals surface area contributed by atoms with Gasteiger partial charge in [0.15, 0.2) is 0 Å². The van der Waals surface area contributed by atoms with Gasteiger partial charge >= 0.3 is 5.95 Å². The summed E-state index contributed by atoms with van der Waals surface area (Å²) in [4.78, 5) is 18.8. The number of rotatable bonds is 3. The molecule has 0 aliphatic rings. The van der Waals surface area contributed by atoms with Crippen molar-refractivity contribution in [3.8, 4) is 23.3 Å². The van der Waals surface area contributed by atoms with Gasteiger partial charge in [-0.15, -0.1) is 0 Å². The number of hydrogen-bond donors (Lipinski definition) is 1. The summed E-state index contributed by atoms with van der Waals surface area (Å²) in [5.41, 5.74) is 0.274. The second-order valence-corrected chi connectivity index (χ2v) is 4.15. The maximum atomic E-state index is 12.1. The average molecular weight is 272 g/mol. The van der Waals surface area contributed by atoms with Crippen LogP contribution in [0.4, 0.5) is 0 Å². The third-order valence-electron chi connectivity index (χ3n) is 2.97. The zero-order valence-electron chi connectivity index (χ0n) is 11.0. The molecule has 3 aromatic rings. The van der Waals surface area contributed by atoms with Crippen molar-refractivity contribution in [2.45, 2.75) is 0 Å². The molecule has 2 heterocycles. The number of nitrogens with zero attached hydrogens (tertiary/aromatic N) is 1. The van der Waals surface area contributed by atoms with Crippen LogP contribution in [0.3, 0.4) is 0 Å². The van der Waals surface area contributed by atoms with E-state index in [1.54, 1.807) is 31.4 Å². The van der Waals surface area contributed by atoms with Gasteiger partial charge in [0.1, 0.15) is 17.6 Å². The summed E-state index contributed by atoms with van der Waals surface area (Å²) in [6.45, 7) is 0. The summed E-state index contributed by atoms with van der Waals surface area (Å²) in [7, 11) is 3.06. The molecule has 0 radical (unpaired) electrons. The fourth-order valence-electron chi connectivity index (χ4n) is 1.97. The number of methoxy groups -OCH3 is 2. The first-order chi connectivity index (χ1) is 9.71. The van der Waals surface area contributed by atoms with E-state index in [2.05, 4.69) is 9.97 Å². The van der Waals surface area contributed by atoms with Gasteiger partial charge in [-0.2, -0.15) is 0 Å². The van der Waals surface area contributed by atoms with Crippen LogP contribution in [-0.4, -0.2) is 24.2 Å². The van der Waals surface area contributed by atoms with E-state index in [0.29, 0.717) is 22.7 Å². The van der Waals surface area contributed by atoms with Gasteiger partial charge in [-0.1, -0.05) is 0 Å². The lowest BCUT2D eigenvalue weighted by Crippen LogP contribution is -2.07. The quantitative estimate of drug-likeness (QED) is 0.790. The smallest absolute Gasteiger partial charge is 0.305 e. The molecule has 6 heteroatoms. The molecule has 0 aliphatic carbocycles. The molecule has 0 amide bonds. The molecule has 20 heavy (non-hydrogen) atoms. The highest BCUT2D eigenvalue weighted by Gasteiger charge is 2.10. The number of oxazole rings is 1. The number of aromatic nitrogens is 2. The molecule has 0 aliphatic heterocycles. The Morgan fingerprint density at radius 3 is 2.75 bits per heavy atom. The maximum absolute atomic E-state index is 12.1. The predicted octanol–water partition coefficient (Wildman–Crippen LogP) is 2.20. The van der Waals surface area contributed by atoms with Crippen LogP contribution in [0.1, 0.15) is 0 Å². The second kappa shape index (κ2) is 4.73. The van der Waals surface area contributed by atoms with Gasteiger partial charge < -0.3 is 18.9 Å². The van der Waals surface area contributed by atoms with Crippen molar-refractivity contribution in [1.29, 1.82) is 0 Å². The van der Waals surface area contributed by atoms with Gasteiger partial charge in [0.05, 0.1) is 14.2 Å². The van der Waals surface area contributed by atoms with Crippen molar-refractivity contribution in [2.75, 3.05) is 14.2 Å². The van der Waals surface area contributed by atoms with Crippen LogP contribution >= 0.6 is 0 Å². The second-order valence-electron chi connectivity index (χ2n) is 4.15. The zero-order chi connectivity index (χ0) is 14.1. The highest BCUT2D eigenvalue weighted by atomic mass is 16.6. The lowest BCUT2D eigenvalue weighted by atomic mass is 10.1. The summed E-state index contributed by atoms with van der Waals surface area (Å²) in [6, 6.07) is 7.02. The molecule has 0 unspecified atom stereocenters. The molecular formula is C14H12N2O4. The third kappa shape index (κ3) is 2.01. The minimum Gasteiger partial charge on any atom is -0.497 e. The highest BCUT2D eigenvalue weighted by molar-refractivity contribution is 5.85. The van der Waals surface area contributed by atoms with E-state index in [4.69, 9.17) is 13.9 Å². The Bertz CT molecular complexity index is 819. The van der Waals surface area contributed by atoms with Crippen molar-refractivity contribution in [2.24, 2.45) is 0 Å². The standard InChI is InChI=1S/C14H12N2O4/c1-18-9-3-4-10-8(5-9)6-11(16-13(10)17)14-15-7-12(19-2)20-14/h3-7H,1-2H3,(H,16,17). The number of aromatic amines is 1. The van der Waals surface area contributed by atoms with Crippen LogP contribution in [0.25, 0.3) is 22.4 Å². The van der Waals surface area contributed by atoms with E-state index in [-0.39, 0.29) is 11.5 Å². The number of hydrogen-bond acceptors (Lipinski definition) is 5. The SMILES string of the molecule is COc1ccc2c(=O)[nH]c(-c3ncc(OC)o3)cc2c1. The van der Waals surface area contributed by atoms with Crippen molar-refractivity contribution in [3.63, 3.8) is 0 Å². The fraction of sp³-hybridized carbons (Fsp3) is 0.143. The number of benzene rings is 1. The van der Waals surface area contributed by atoms with Crippen LogP contribution in [0.15, 0.2) is 39.7 Å². The van der Waals surface area contributed by atoms with Crippen LogP contribution in [0, 0.1) is 0 Å². The van der Waals surface area contributed by atoms with E-state index in [1.807, 2.05) is 0 Å². The Kier molecular flexibility index (Phi) is 2.90. The van der Waals surface area contributed by atoms with Gasteiger partial charge in [-0.3, -0.25) is 4.79 Å². The first kappa shape index (κ1) is 12.3. The van der Waals surface area contributed by atoms with E-state index < -0.39 is 0 Å². The number of nitrogens with one attached hydrogen (secondary N) is 1. The normalized spacial score (nSPS) is 10.7. The van der Waals surface area contributed by atoms with Gasteiger partial charge in [0, 0.05) is 5.39 Å². The first-order valence-electron chi connectivity index (χ1n) is 5.92. The van der Waals surface area contributed by atoms with Crippen molar-refractivity contribution in [3.05, 3.63) is 40.8 Å². The van der Waals surface area contributed by atoms with Crippen molar-refractivity contribution in [1.82, 2.24) is 9.97 Å². The lowest BCUT2D eigenvalue weighted by molar-refractivity contribution is 0.308. The molecule has 1 N–H and O–H groups in total. The highest BCUT2D eigenvalue weighted by Crippen LogP contribution is 2.24. The Morgan fingerprint density at radius 2 is 2.05 bits per heavy atom. The number of fused-ring (bicyclic) bond motifs is 1. The number of ether oxygens (including phenoxy) is 2. The van der Waals surface area contributed by atoms with Crippen LogP contribution in [0.2, 0.25) is 0 Å². The number of H-pyrrole nitrogens is 1. The Balaban J connectivity index is 2.19. The monoisotopic (exact) mass is 272 g/mol. The summed E-state index contributed by atoms with van der Waals surface area (Å²) in [6.07, 6.45) is 1.45. The van der Waals surface area contributed by atoms with E-state index >= 15 is 0 Å². The van der Waals surface area contributed by atoms with Crippen LogP contribution in [0.5, 0.6) is 11.7 Å². The average Bonchev–Trinajstić information content (AvgIpc) is 2.95. The summed E-state index contributed by atoms with van der Waals surface area (Å²) < 4.78 is 15.4. The minimum atomic E-state index is -0.211. The Hall–Kier alpha value is -2.76. The molecule has 0 saturated carbocycles. The van der Waals surface area contributed by atoms with E-state index in [1.165, 1.54) is 13.3 Å². The first-order valence-corrected chi connectivity index (χ1v) is 5.92. The maximum Gasteiger partial charge on any atom is 0.305 e. The molecule has 0 spiro atoms. The molecule has 0 bridgehead atoms. The van der Waals surface area contributed by atoms with Crippen molar-refractivity contribution >= 4 is 10.8 Å². The Morgan fingerprint density at radius 1 is 1.20 bits per heavy atom. The summed E-state index contributed by atoms with van der Waals surface area (Å²) in [5, 5.41) is 1.33. The number of pyridine rings is 1. The molecule has 0 fully saturated rings. The molecule has 0 saturated heterocycles. The van der Waals surface area contributed by atoms with Crippen molar-refractivity contribution < 1.29 is 13.9 Å². The molecule has 0 atom stereocenters. The molecule has 1 aromatic carbocycles. The minimum absolute atomic E-state index is 0.211.